The molecule has 0 aliphatic carbocycles. The molecular formula is C19H32O2. The summed E-state index contributed by atoms with van der Waals surface area (Å²) in [5.74, 6) is -0.0946. The monoisotopic (exact) mass is 292 g/mol. The maximum Gasteiger partial charge on any atom is 0.305 e. The molecule has 0 heterocycles. The van der Waals surface area contributed by atoms with Crippen molar-refractivity contribution in [2.24, 2.45) is 0 Å². The molecule has 0 amide bonds. The number of unbranched alkanes of at least 4 members (excludes halogenated alkanes) is 7. The third-order valence-corrected chi connectivity index (χ3v) is 3.31. The van der Waals surface area contributed by atoms with Gasteiger partial charge in [-0.05, 0) is 32.1 Å². The highest BCUT2D eigenvalue weighted by atomic mass is 16.5. The van der Waals surface area contributed by atoms with Crippen molar-refractivity contribution in [1.82, 2.24) is 0 Å². The summed E-state index contributed by atoms with van der Waals surface area (Å²) in [5, 5.41) is 0. The molecule has 0 radical (unpaired) electrons. The lowest BCUT2D eigenvalue weighted by Gasteiger charge is -1.98. The van der Waals surface area contributed by atoms with Crippen LogP contribution in [0.3, 0.4) is 0 Å². The Balaban J connectivity index is 3.34. The highest BCUT2D eigenvalue weighted by Crippen LogP contribution is 2.06. The van der Waals surface area contributed by atoms with E-state index >= 15 is 0 Å². The van der Waals surface area contributed by atoms with E-state index < -0.39 is 0 Å². The zero-order valence-electron chi connectivity index (χ0n) is 13.9. The molecule has 0 aromatic rings. The molecule has 0 N–H and O–H groups in total. The van der Waals surface area contributed by atoms with Crippen LogP contribution in [0, 0.1) is 0 Å². The second kappa shape index (κ2) is 16.7. The van der Waals surface area contributed by atoms with Gasteiger partial charge in [-0.15, -0.1) is 0 Å². The van der Waals surface area contributed by atoms with Crippen LogP contribution in [0.5, 0.6) is 0 Å². The number of methoxy groups -OCH3 is 1. The van der Waals surface area contributed by atoms with Crippen LogP contribution in [0.1, 0.15) is 71.1 Å². The Bertz CT molecular complexity index is 314. The number of hydrogen-bond donors (Lipinski definition) is 0. The Morgan fingerprint density at radius 2 is 1.38 bits per heavy atom. The lowest BCUT2D eigenvalue weighted by molar-refractivity contribution is -0.140. The SMILES string of the molecule is CCCCC\C=C/C=C/C=C/CCCCCCC(=O)OC. The first-order chi connectivity index (χ1) is 10.3. The van der Waals surface area contributed by atoms with Crippen LogP contribution in [-0.2, 0) is 9.53 Å². The van der Waals surface area contributed by atoms with Crippen LogP contribution < -0.4 is 0 Å². The molecule has 0 aromatic heterocycles. The van der Waals surface area contributed by atoms with Crippen molar-refractivity contribution < 1.29 is 9.53 Å². The molecule has 0 fully saturated rings. The number of ether oxygens (including phenoxy) is 1. The lowest BCUT2D eigenvalue weighted by Crippen LogP contribution is -1.98. The Morgan fingerprint density at radius 1 is 0.810 bits per heavy atom. The summed E-state index contributed by atoms with van der Waals surface area (Å²) >= 11 is 0. The lowest BCUT2D eigenvalue weighted by atomic mass is 10.1. The third kappa shape index (κ3) is 16.6. The van der Waals surface area contributed by atoms with Gasteiger partial charge in [-0.3, -0.25) is 4.79 Å². The average molecular weight is 292 g/mol. The number of hydrogen-bond acceptors (Lipinski definition) is 2. The smallest absolute Gasteiger partial charge is 0.305 e. The largest absolute Gasteiger partial charge is 0.469 e. The molecule has 120 valence electrons. The molecule has 0 aliphatic heterocycles. The van der Waals surface area contributed by atoms with Crippen molar-refractivity contribution in [3.05, 3.63) is 36.5 Å². The van der Waals surface area contributed by atoms with Gasteiger partial charge in [-0.1, -0.05) is 69.1 Å². The van der Waals surface area contributed by atoms with E-state index in [0.717, 1.165) is 19.3 Å². The Morgan fingerprint density at radius 3 is 1.95 bits per heavy atom. The molecule has 0 saturated heterocycles. The molecule has 21 heavy (non-hydrogen) atoms. The molecule has 0 aliphatic rings. The van der Waals surface area contributed by atoms with Gasteiger partial charge in [0.25, 0.3) is 0 Å². The summed E-state index contributed by atoms with van der Waals surface area (Å²) in [6, 6.07) is 0. The van der Waals surface area contributed by atoms with E-state index in [4.69, 9.17) is 0 Å². The quantitative estimate of drug-likeness (QED) is 0.245. The van der Waals surface area contributed by atoms with Gasteiger partial charge in [-0.2, -0.15) is 0 Å². The molecule has 0 bridgehead atoms. The number of esters is 1. The van der Waals surface area contributed by atoms with E-state index in [1.54, 1.807) is 0 Å². The minimum absolute atomic E-state index is 0.0946. The van der Waals surface area contributed by atoms with Crippen LogP contribution in [0.25, 0.3) is 0 Å². The molecule has 0 saturated carbocycles. The van der Waals surface area contributed by atoms with Gasteiger partial charge in [0.15, 0.2) is 0 Å². The van der Waals surface area contributed by atoms with Crippen molar-refractivity contribution in [3.63, 3.8) is 0 Å². The molecule has 0 rings (SSSR count). The first-order valence-corrected chi connectivity index (χ1v) is 8.36. The van der Waals surface area contributed by atoms with Crippen molar-refractivity contribution in [1.29, 1.82) is 0 Å². The summed E-state index contributed by atoms with van der Waals surface area (Å²) in [6.07, 6.45) is 24.1. The number of carbonyl (C=O) groups is 1. The van der Waals surface area contributed by atoms with Crippen molar-refractivity contribution in [2.75, 3.05) is 7.11 Å². The van der Waals surface area contributed by atoms with Crippen molar-refractivity contribution >= 4 is 5.97 Å². The number of allylic oxidation sites excluding steroid dienone is 6. The zero-order chi connectivity index (χ0) is 15.6. The second-order valence-corrected chi connectivity index (χ2v) is 5.27. The summed E-state index contributed by atoms with van der Waals surface area (Å²) < 4.78 is 4.61. The number of rotatable bonds is 13. The molecule has 0 spiro atoms. The highest BCUT2D eigenvalue weighted by molar-refractivity contribution is 5.68. The first kappa shape index (κ1) is 19.7. The molecule has 0 aromatic carbocycles. The van der Waals surface area contributed by atoms with E-state index in [9.17, 15) is 4.79 Å². The van der Waals surface area contributed by atoms with Crippen molar-refractivity contribution in [2.45, 2.75) is 71.1 Å². The summed E-state index contributed by atoms with van der Waals surface area (Å²) in [6.45, 7) is 2.23. The molecule has 2 heteroatoms. The van der Waals surface area contributed by atoms with Crippen molar-refractivity contribution in [3.8, 4) is 0 Å². The van der Waals surface area contributed by atoms with E-state index in [-0.39, 0.29) is 5.97 Å². The van der Waals surface area contributed by atoms with Crippen LogP contribution in [-0.4, -0.2) is 13.1 Å². The Hall–Kier alpha value is -1.31. The summed E-state index contributed by atoms with van der Waals surface area (Å²) in [4.78, 5) is 10.9. The minimum Gasteiger partial charge on any atom is -0.469 e. The normalized spacial score (nSPS) is 11.9. The fourth-order valence-corrected chi connectivity index (χ4v) is 1.98. The first-order valence-electron chi connectivity index (χ1n) is 8.36. The summed E-state index contributed by atoms with van der Waals surface area (Å²) in [7, 11) is 1.45. The Kier molecular flexibility index (Phi) is 15.7. The molecule has 0 atom stereocenters. The van der Waals surface area contributed by atoms with Crippen LogP contribution in [0.4, 0.5) is 0 Å². The van der Waals surface area contributed by atoms with Gasteiger partial charge in [0.05, 0.1) is 7.11 Å². The molecular weight excluding hydrogens is 260 g/mol. The fraction of sp³-hybridized carbons (Fsp3) is 0.632. The summed E-state index contributed by atoms with van der Waals surface area (Å²) in [5.41, 5.74) is 0. The van der Waals surface area contributed by atoms with E-state index in [1.165, 1.54) is 45.6 Å². The minimum atomic E-state index is -0.0946. The van der Waals surface area contributed by atoms with E-state index in [1.807, 2.05) is 0 Å². The number of carbonyl (C=O) groups excluding carboxylic acids is 1. The predicted molar refractivity (Wildman–Crippen MR) is 91.3 cm³/mol. The maximum absolute atomic E-state index is 10.9. The zero-order valence-corrected chi connectivity index (χ0v) is 13.9. The maximum atomic E-state index is 10.9. The second-order valence-electron chi connectivity index (χ2n) is 5.27. The predicted octanol–water partition coefficient (Wildman–Crippen LogP) is 5.75. The van der Waals surface area contributed by atoms with Gasteiger partial charge < -0.3 is 4.74 Å². The standard InChI is InChI=1S/C19H32O2/c1-3-4-5-6-7-8-9-10-11-12-13-14-15-16-17-18-19(20)21-2/h7-12H,3-6,13-18H2,1-2H3/b8-7-,10-9+,12-11+. The van der Waals surface area contributed by atoms with Crippen LogP contribution in [0.15, 0.2) is 36.5 Å². The molecule has 2 nitrogen and oxygen atoms in total. The van der Waals surface area contributed by atoms with E-state index in [0.29, 0.717) is 6.42 Å². The Labute approximate surface area is 131 Å². The topological polar surface area (TPSA) is 26.3 Å². The average Bonchev–Trinajstić information content (AvgIpc) is 2.50. The highest BCUT2D eigenvalue weighted by Gasteiger charge is 1.98. The molecule has 0 unspecified atom stereocenters. The van der Waals surface area contributed by atoms with Crippen LogP contribution >= 0.6 is 0 Å². The van der Waals surface area contributed by atoms with Gasteiger partial charge in [0.1, 0.15) is 0 Å². The van der Waals surface area contributed by atoms with E-state index in [2.05, 4.69) is 48.1 Å². The van der Waals surface area contributed by atoms with Gasteiger partial charge in [0.2, 0.25) is 0 Å². The van der Waals surface area contributed by atoms with Gasteiger partial charge in [-0.25, -0.2) is 0 Å². The van der Waals surface area contributed by atoms with Gasteiger partial charge in [0, 0.05) is 6.42 Å². The van der Waals surface area contributed by atoms with Gasteiger partial charge >= 0.3 is 5.97 Å². The fourth-order valence-electron chi connectivity index (χ4n) is 1.98. The van der Waals surface area contributed by atoms with Crippen LogP contribution in [0.2, 0.25) is 0 Å². The third-order valence-electron chi connectivity index (χ3n) is 3.31.